The lowest BCUT2D eigenvalue weighted by atomic mass is 9.95. The van der Waals surface area contributed by atoms with Crippen LogP contribution in [0.1, 0.15) is 51.3 Å². The molecule has 1 heterocycles. The maximum Gasteiger partial charge on any atom is 0.295 e. The Bertz CT molecular complexity index is 976. The normalized spacial score (nSPS) is 17.8. The first-order chi connectivity index (χ1) is 15.4. The summed E-state index contributed by atoms with van der Waals surface area (Å²) in [6.07, 6.45) is 0.697. The Morgan fingerprint density at radius 2 is 1.56 bits per heavy atom. The zero-order chi connectivity index (χ0) is 23.3. The highest BCUT2D eigenvalue weighted by Gasteiger charge is 2.45. The van der Waals surface area contributed by atoms with E-state index < -0.39 is 17.7 Å². The first-order valence-corrected chi connectivity index (χ1v) is 11.1. The number of aliphatic hydroxyl groups is 1. The highest BCUT2D eigenvalue weighted by molar-refractivity contribution is 6.46. The minimum atomic E-state index is -0.671. The highest BCUT2D eigenvalue weighted by Crippen LogP contribution is 2.40. The molecule has 6 nitrogen and oxygen atoms in total. The Kier molecular flexibility index (Phi) is 7.57. The van der Waals surface area contributed by atoms with Crippen LogP contribution in [0, 0.1) is 5.92 Å². The summed E-state index contributed by atoms with van der Waals surface area (Å²) < 4.78 is 11.2. The van der Waals surface area contributed by atoms with Crippen LogP contribution in [0.4, 0.5) is 0 Å². The van der Waals surface area contributed by atoms with Crippen LogP contribution in [0.5, 0.6) is 11.5 Å². The molecule has 1 fully saturated rings. The van der Waals surface area contributed by atoms with Crippen molar-refractivity contribution in [2.24, 2.45) is 5.92 Å². The fourth-order valence-electron chi connectivity index (χ4n) is 3.74. The first-order valence-electron chi connectivity index (χ1n) is 11.1. The van der Waals surface area contributed by atoms with E-state index in [4.69, 9.17) is 9.47 Å². The lowest BCUT2D eigenvalue weighted by Crippen LogP contribution is -2.30. The molecular formula is C26H31NO5. The Labute approximate surface area is 189 Å². The molecule has 2 aromatic carbocycles. The van der Waals surface area contributed by atoms with Crippen molar-refractivity contribution in [2.45, 2.75) is 40.2 Å². The minimum Gasteiger partial charge on any atom is -0.507 e. The number of ether oxygens (including phenoxy) is 2. The lowest BCUT2D eigenvalue weighted by molar-refractivity contribution is -0.139. The second kappa shape index (κ2) is 10.4. The van der Waals surface area contributed by atoms with Gasteiger partial charge in [-0.1, -0.05) is 32.9 Å². The molecule has 0 saturated carbocycles. The summed E-state index contributed by atoms with van der Waals surface area (Å²) in [5.41, 5.74) is 1.32. The third-order valence-electron chi connectivity index (χ3n) is 5.22. The van der Waals surface area contributed by atoms with Gasteiger partial charge in [0.25, 0.3) is 11.7 Å². The monoisotopic (exact) mass is 437 g/mol. The number of benzene rings is 2. The van der Waals surface area contributed by atoms with Crippen molar-refractivity contribution < 1.29 is 24.2 Å². The molecule has 1 N–H and O–H groups in total. The number of likely N-dealkylation sites (tertiary alicyclic amines) is 1. The maximum atomic E-state index is 12.9. The van der Waals surface area contributed by atoms with Crippen molar-refractivity contribution in [1.82, 2.24) is 4.90 Å². The predicted molar refractivity (Wildman–Crippen MR) is 124 cm³/mol. The molecule has 2 aromatic rings. The van der Waals surface area contributed by atoms with Crippen LogP contribution >= 0.6 is 0 Å². The van der Waals surface area contributed by atoms with Crippen molar-refractivity contribution in [3.8, 4) is 11.5 Å². The van der Waals surface area contributed by atoms with E-state index in [1.165, 1.54) is 4.90 Å². The van der Waals surface area contributed by atoms with Crippen LogP contribution in [-0.2, 0) is 9.59 Å². The van der Waals surface area contributed by atoms with Gasteiger partial charge in [-0.3, -0.25) is 9.59 Å². The molecule has 0 spiro atoms. The maximum absolute atomic E-state index is 12.9. The zero-order valence-electron chi connectivity index (χ0n) is 19.1. The smallest absolute Gasteiger partial charge is 0.295 e. The summed E-state index contributed by atoms with van der Waals surface area (Å²) in [5.74, 6) is 0.348. The van der Waals surface area contributed by atoms with E-state index in [0.29, 0.717) is 43.4 Å². The van der Waals surface area contributed by atoms with Gasteiger partial charge in [-0.2, -0.15) is 0 Å². The van der Waals surface area contributed by atoms with E-state index in [0.717, 1.165) is 11.3 Å². The molecule has 0 aromatic heterocycles. The van der Waals surface area contributed by atoms with Gasteiger partial charge in [0.2, 0.25) is 0 Å². The molecule has 6 heteroatoms. The summed E-state index contributed by atoms with van der Waals surface area (Å²) in [6.45, 7) is 9.55. The SMILES string of the molecule is CCCN1C(=O)C(=O)/C(=C(\O)c2ccc(OCC)cc2)C1c1ccc(OCC(C)C)cc1. The fraction of sp³-hybridized carbons (Fsp3) is 0.385. The average molecular weight is 438 g/mol. The van der Waals surface area contributed by atoms with Crippen molar-refractivity contribution in [3.05, 3.63) is 65.2 Å². The fourth-order valence-corrected chi connectivity index (χ4v) is 3.74. The number of aliphatic hydroxyl groups excluding tert-OH is 1. The van der Waals surface area contributed by atoms with Gasteiger partial charge in [0, 0.05) is 12.1 Å². The Hall–Kier alpha value is -3.28. The van der Waals surface area contributed by atoms with E-state index in [1.54, 1.807) is 24.3 Å². The molecule has 0 bridgehead atoms. The summed E-state index contributed by atoms with van der Waals surface area (Å²) >= 11 is 0. The number of carbonyl (C=O) groups is 2. The number of carbonyl (C=O) groups excluding carboxylic acids is 2. The van der Waals surface area contributed by atoms with Crippen molar-refractivity contribution in [1.29, 1.82) is 0 Å². The third kappa shape index (κ3) is 4.96. The molecule has 0 aliphatic carbocycles. The molecule has 1 saturated heterocycles. The number of hydrogen-bond acceptors (Lipinski definition) is 5. The van der Waals surface area contributed by atoms with Gasteiger partial charge in [0.05, 0.1) is 24.8 Å². The first kappa shape index (κ1) is 23.4. The molecule has 3 rings (SSSR count). The quantitative estimate of drug-likeness (QED) is 0.341. The molecular weight excluding hydrogens is 406 g/mol. The molecule has 32 heavy (non-hydrogen) atoms. The minimum absolute atomic E-state index is 0.100. The largest absolute Gasteiger partial charge is 0.507 e. The molecule has 1 unspecified atom stereocenters. The van der Waals surface area contributed by atoms with Crippen LogP contribution in [0.25, 0.3) is 5.76 Å². The number of amides is 1. The van der Waals surface area contributed by atoms with E-state index in [9.17, 15) is 14.7 Å². The van der Waals surface area contributed by atoms with E-state index in [-0.39, 0.29) is 11.3 Å². The van der Waals surface area contributed by atoms with Gasteiger partial charge in [-0.25, -0.2) is 0 Å². The molecule has 170 valence electrons. The number of ketones is 1. The van der Waals surface area contributed by atoms with Crippen LogP contribution in [0.15, 0.2) is 54.1 Å². The predicted octanol–water partition coefficient (Wildman–Crippen LogP) is 4.95. The van der Waals surface area contributed by atoms with Crippen LogP contribution in [-0.4, -0.2) is 41.5 Å². The van der Waals surface area contributed by atoms with Gasteiger partial charge in [-0.05, 0) is 61.2 Å². The Balaban J connectivity index is 2.01. The molecule has 0 radical (unpaired) electrons. The Morgan fingerprint density at radius 3 is 2.12 bits per heavy atom. The average Bonchev–Trinajstić information content (AvgIpc) is 3.03. The molecule has 1 aliphatic heterocycles. The Morgan fingerprint density at radius 1 is 0.969 bits per heavy atom. The number of Topliss-reactive ketones (excluding diaryl/α,β-unsaturated/α-hetero) is 1. The standard InChI is InChI=1S/C26H31NO5/c1-5-15-27-23(18-7-11-21(12-8-18)32-16-17(3)4)22(25(29)26(27)30)24(28)19-9-13-20(14-10-19)31-6-2/h7-14,17,23,28H,5-6,15-16H2,1-4H3/b24-22-. The van der Waals surface area contributed by atoms with E-state index in [1.807, 2.05) is 38.1 Å². The van der Waals surface area contributed by atoms with Gasteiger partial charge < -0.3 is 19.5 Å². The van der Waals surface area contributed by atoms with Crippen LogP contribution in [0.2, 0.25) is 0 Å². The second-order valence-electron chi connectivity index (χ2n) is 8.22. The summed E-state index contributed by atoms with van der Waals surface area (Å²) in [7, 11) is 0. The van der Waals surface area contributed by atoms with Crippen LogP contribution < -0.4 is 9.47 Å². The third-order valence-corrected chi connectivity index (χ3v) is 5.22. The van der Waals surface area contributed by atoms with Gasteiger partial charge in [0.1, 0.15) is 17.3 Å². The number of hydrogen-bond donors (Lipinski definition) is 1. The van der Waals surface area contributed by atoms with Crippen LogP contribution in [0.3, 0.4) is 0 Å². The van der Waals surface area contributed by atoms with Crippen molar-refractivity contribution in [3.63, 3.8) is 0 Å². The summed E-state index contributed by atoms with van der Waals surface area (Å²) in [5, 5.41) is 11.1. The topological polar surface area (TPSA) is 76.1 Å². The molecule has 1 amide bonds. The van der Waals surface area contributed by atoms with Gasteiger partial charge in [-0.15, -0.1) is 0 Å². The van der Waals surface area contributed by atoms with E-state index in [2.05, 4.69) is 13.8 Å². The summed E-state index contributed by atoms with van der Waals surface area (Å²) in [4.78, 5) is 27.3. The van der Waals surface area contributed by atoms with E-state index >= 15 is 0 Å². The van der Waals surface area contributed by atoms with Crippen molar-refractivity contribution >= 4 is 17.4 Å². The lowest BCUT2D eigenvalue weighted by Gasteiger charge is -2.25. The second-order valence-corrected chi connectivity index (χ2v) is 8.22. The zero-order valence-corrected chi connectivity index (χ0v) is 19.1. The molecule has 1 atom stereocenters. The number of nitrogens with zero attached hydrogens (tertiary/aromatic N) is 1. The van der Waals surface area contributed by atoms with Crippen molar-refractivity contribution in [2.75, 3.05) is 19.8 Å². The van der Waals surface area contributed by atoms with Gasteiger partial charge >= 0.3 is 0 Å². The number of rotatable bonds is 9. The summed E-state index contributed by atoms with van der Waals surface area (Å²) in [6, 6.07) is 13.6. The molecule has 1 aliphatic rings. The van der Waals surface area contributed by atoms with Gasteiger partial charge in [0.15, 0.2) is 0 Å². The highest BCUT2D eigenvalue weighted by atomic mass is 16.5.